The van der Waals surface area contributed by atoms with Gasteiger partial charge in [-0.2, -0.15) is 0 Å². The van der Waals surface area contributed by atoms with E-state index < -0.39 is 67.3 Å². The monoisotopic (exact) mass is 1110 g/mol. The minimum absolute atomic E-state index is 0.0493. The van der Waals surface area contributed by atoms with Crippen molar-refractivity contribution in [3.63, 3.8) is 0 Å². The number of allylic oxidation sites excluding steroid dienone is 10. The molecule has 3 N–H and O–H groups in total. The van der Waals surface area contributed by atoms with Gasteiger partial charge in [-0.15, -0.1) is 0 Å². The number of hydrogen-bond donors (Lipinski definition) is 3. The largest absolute Gasteiger partial charge is 0.479 e. The van der Waals surface area contributed by atoms with Crippen LogP contribution in [0.2, 0.25) is 0 Å². The molecule has 1 saturated heterocycles. The van der Waals surface area contributed by atoms with Crippen LogP contribution in [0.5, 0.6) is 0 Å². The topological polar surface area (TPSA) is 175 Å². The van der Waals surface area contributed by atoms with Gasteiger partial charge in [-0.05, 0) is 109 Å². The molecule has 6 atom stereocenters. The lowest BCUT2D eigenvalue weighted by molar-refractivity contribution is -0.301. The third kappa shape index (κ3) is 44.7. The molecule has 0 amide bonds. The summed E-state index contributed by atoms with van der Waals surface area (Å²) >= 11 is 0. The molecular weight excluding hydrogens is 997 g/mol. The second-order valence-electron chi connectivity index (χ2n) is 22.0. The molecule has 1 fully saturated rings. The molecule has 12 heteroatoms. The molecule has 0 spiro atoms. The zero-order valence-electron chi connectivity index (χ0n) is 50.4. The standard InChI is InChI=1S/C67H116O12/c1-4-7-10-13-16-19-22-25-27-29-30-32-33-36-38-41-44-47-50-53-59(68)75-56-58(77-60(69)54-51-48-45-42-40-37-34-31-28-26-23-20-17-14-11-8-5-2)57-76-67-65(63(72)62(71)64(79-67)66(73)74)78-61(70)55-52-49-46-43-39-35-24-21-18-15-12-9-6-3/h16-17,19-21,24-28,58,62-65,67,71-72H,4-15,18,22-23,29-57H2,1-3H3,(H,73,74)/b19-16-,20-17-,24-21-,27-25-,28-26-. The molecule has 6 unspecified atom stereocenters. The summed E-state index contributed by atoms with van der Waals surface area (Å²) in [5.74, 6) is -3.13. The quantitative estimate of drug-likeness (QED) is 0.0228. The molecule has 79 heavy (non-hydrogen) atoms. The Morgan fingerprint density at radius 1 is 0.418 bits per heavy atom. The second-order valence-corrected chi connectivity index (χ2v) is 22.0. The number of unbranched alkanes of at least 4 members (excludes halogenated alkanes) is 31. The maximum atomic E-state index is 13.2. The zero-order valence-corrected chi connectivity index (χ0v) is 50.4. The van der Waals surface area contributed by atoms with E-state index in [2.05, 4.69) is 81.5 Å². The molecule has 1 heterocycles. The van der Waals surface area contributed by atoms with Crippen molar-refractivity contribution in [2.45, 2.75) is 327 Å². The lowest BCUT2D eigenvalue weighted by Crippen LogP contribution is -2.61. The second kappa shape index (κ2) is 55.0. The van der Waals surface area contributed by atoms with Crippen molar-refractivity contribution in [1.82, 2.24) is 0 Å². The number of hydrogen-bond acceptors (Lipinski definition) is 11. The van der Waals surface area contributed by atoms with Crippen LogP contribution < -0.4 is 0 Å². The SMILES string of the molecule is CCCCC/C=C\C/C=C\CCCCCCCCCCCC(=O)OCC(COC1OC(C(=O)O)C(O)C(O)C1OC(=O)CCCCCCC/C=C\CCCCCC)OC(=O)CCCCCCCCC/C=C\C/C=C\CCCCC. The van der Waals surface area contributed by atoms with Gasteiger partial charge in [0.15, 0.2) is 24.6 Å². The Bertz CT molecular complexity index is 1600. The van der Waals surface area contributed by atoms with Gasteiger partial charge in [-0.1, -0.05) is 223 Å². The first kappa shape index (κ1) is 73.4. The molecule has 0 aromatic rings. The Morgan fingerprint density at radius 2 is 0.759 bits per heavy atom. The fourth-order valence-corrected chi connectivity index (χ4v) is 9.54. The highest BCUT2D eigenvalue weighted by Crippen LogP contribution is 2.27. The Kier molecular flexibility index (Phi) is 51.1. The first-order valence-corrected chi connectivity index (χ1v) is 32.3. The summed E-state index contributed by atoms with van der Waals surface area (Å²) < 4.78 is 28.5. The number of rotatable bonds is 55. The van der Waals surface area contributed by atoms with E-state index in [0.29, 0.717) is 19.3 Å². The van der Waals surface area contributed by atoms with Crippen molar-refractivity contribution < 1.29 is 58.2 Å². The van der Waals surface area contributed by atoms with Crippen LogP contribution >= 0.6 is 0 Å². The van der Waals surface area contributed by atoms with E-state index in [-0.39, 0.29) is 25.9 Å². The van der Waals surface area contributed by atoms with Crippen molar-refractivity contribution in [2.75, 3.05) is 13.2 Å². The molecule has 0 aromatic carbocycles. The number of carboxylic acid groups (broad SMARTS) is 1. The molecule has 1 rings (SSSR count). The van der Waals surface area contributed by atoms with Gasteiger partial charge in [0, 0.05) is 19.3 Å². The normalized spacial score (nSPS) is 18.2. The van der Waals surface area contributed by atoms with Crippen LogP contribution in [0, 0.1) is 0 Å². The molecule has 0 aliphatic carbocycles. The van der Waals surface area contributed by atoms with Crippen molar-refractivity contribution in [1.29, 1.82) is 0 Å². The first-order chi connectivity index (χ1) is 38.6. The van der Waals surface area contributed by atoms with Crippen molar-refractivity contribution in [3.05, 3.63) is 60.8 Å². The van der Waals surface area contributed by atoms with Gasteiger partial charge in [0.2, 0.25) is 0 Å². The predicted octanol–water partition coefficient (Wildman–Crippen LogP) is 17.1. The van der Waals surface area contributed by atoms with Crippen LogP contribution in [-0.2, 0) is 42.9 Å². The highest BCUT2D eigenvalue weighted by atomic mass is 16.7. The van der Waals surface area contributed by atoms with E-state index >= 15 is 0 Å². The van der Waals surface area contributed by atoms with Gasteiger partial charge in [0.05, 0.1) is 6.61 Å². The first-order valence-electron chi connectivity index (χ1n) is 32.3. The molecule has 12 nitrogen and oxygen atoms in total. The Hall–Kier alpha value is -3.58. The summed E-state index contributed by atoms with van der Waals surface area (Å²) in [6.07, 6.45) is 56.0. The van der Waals surface area contributed by atoms with Crippen LogP contribution in [0.4, 0.5) is 0 Å². The Morgan fingerprint density at radius 3 is 1.18 bits per heavy atom. The van der Waals surface area contributed by atoms with Crippen LogP contribution in [-0.4, -0.2) is 89.2 Å². The average Bonchev–Trinajstić information content (AvgIpc) is 3.44. The van der Waals surface area contributed by atoms with E-state index in [0.717, 1.165) is 116 Å². The molecule has 0 saturated carbocycles. The summed E-state index contributed by atoms with van der Waals surface area (Å²) in [7, 11) is 0. The van der Waals surface area contributed by atoms with Crippen LogP contribution in [0.25, 0.3) is 0 Å². The third-order valence-corrected chi connectivity index (χ3v) is 14.5. The molecule has 0 aromatic heterocycles. The van der Waals surface area contributed by atoms with Gasteiger partial charge in [0.1, 0.15) is 18.8 Å². The minimum atomic E-state index is -1.91. The number of esters is 3. The summed E-state index contributed by atoms with van der Waals surface area (Å²) in [4.78, 5) is 51.3. The predicted molar refractivity (Wildman–Crippen MR) is 322 cm³/mol. The third-order valence-electron chi connectivity index (χ3n) is 14.5. The van der Waals surface area contributed by atoms with Crippen LogP contribution in [0.3, 0.4) is 0 Å². The number of carboxylic acids is 1. The van der Waals surface area contributed by atoms with Crippen molar-refractivity contribution in [3.8, 4) is 0 Å². The number of aliphatic hydroxyl groups excluding tert-OH is 2. The summed E-state index contributed by atoms with van der Waals surface area (Å²) in [6.45, 7) is 5.94. The van der Waals surface area contributed by atoms with Crippen LogP contribution in [0.1, 0.15) is 290 Å². The summed E-state index contributed by atoms with van der Waals surface area (Å²) in [5.41, 5.74) is 0. The van der Waals surface area contributed by atoms with Crippen molar-refractivity contribution >= 4 is 23.9 Å². The average molecular weight is 1110 g/mol. The zero-order chi connectivity index (χ0) is 57.5. The molecule has 1 aliphatic rings. The molecule has 1 aliphatic heterocycles. The molecule has 0 bridgehead atoms. The lowest BCUT2D eigenvalue weighted by Gasteiger charge is -2.40. The Labute approximate surface area is 481 Å². The fourth-order valence-electron chi connectivity index (χ4n) is 9.54. The molecule has 0 radical (unpaired) electrons. The Balaban J connectivity index is 2.66. The van der Waals surface area contributed by atoms with E-state index in [4.69, 9.17) is 23.7 Å². The van der Waals surface area contributed by atoms with E-state index in [1.807, 2.05) is 0 Å². The molecular formula is C67H116O12. The van der Waals surface area contributed by atoms with E-state index in [1.54, 1.807) is 0 Å². The maximum Gasteiger partial charge on any atom is 0.335 e. The number of carbonyl (C=O) groups excluding carboxylic acids is 3. The van der Waals surface area contributed by atoms with Gasteiger partial charge >= 0.3 is 23.9 Å². The summed E-state index contributed by atoms with van der Waals surface area (Å²) in [5, 5.41) is 31.5. The van der Waals surface area contributed by atoms with Gasteiger partial charge < -0.3 is 39.0 Å². The minimum Gasteiger partial charge on any atom is -0.479 e. The van der Waals surface area contributed by atoms with Crippen LogP contribution in [0.15, 0.2) is 60.8 Å². The van der Waals surface area contributed by atoms with Gasteiger partial charge in [0.25, 0.3) is 0 Å². The maximum absolute atomic E-state index is 13.2. The van der Waals surface area contributed by atoms with Gasteiger partial charge in [-0.3, -0.25) is 14.4 Å². The lowest BCUT2D eigenvalue weighted by atomic mass is 9.98. The highest BCUT2D eigenvalue weighted by Gasteiger charge is 2.50. The van der Waals surface area contributed by atoms with Crippen molar-refractivity contribution in [2.24, 2.45) is 0 Å². The number of carbonyl (C=O) groups is 4. The number of aliphatic hydroxyl groups is 2. The van der Waals surface area contributed by atoms with E-state index in [9.17, 15) is 34.5 Å². The number of aliphatic carboxylic acids is 1. The highest BCUT2D eigenvalue weighted by molar-refractivity contribution is 5.74. The fraction of sp³-hybridized carbons (Fsp3) is 0.791. The van der Waals surface area contributed by atoms with Gasteiger partial charge in [-0.25, -0.2) is 4.79 Å². The summed E-state index contributed by atoms with van der Waals surface area (Å²) in [6, 6.07) is 0. The van der Waals surface area contributed by atoms with E-state index in [1.165, 1.54) is 116 Å². The molecule has 456 valence electrons. The smallest absolute Gasteiger partial charge is 0.335 e. The number of ether oxygens (including phenoxy) is 5.